The number of nitrogens with zero attached hydrogens (tertiary/aromatic N) is 3. The molecule has 9 nitrogen and oxygen atoms in total. The molecule has 0 radical (unpaired) electrons. The number of alkyl halides is 3. The molecule has 2 aromatic heterocycles. The molecule has 0 bridgehead atoms. The van der Waals surface area contributed by atoms with Crippen molar-refractivity contribution in [3.63, 3.8) is 0 Å². The summed E-state index contributed by atoms with van der Waals surface area (Å²) in [7, 11) is -4.25. The summed E-state index contributed by atoms with van der Waals surface area (Å²) in [6.45, 7) is 3.66. The van der Waals surface area contributed by atoms with Crippen molar-refractivity contribution in [2.24, 2.45) is 0 Å². The number of anilines is 2. The third-order valence-corrected chi connectivity index (χ3v) is 7.93. The average Bonchev–Trinajstić information content (AvgIpc) is 2.94. The second-order valence-corrected chi connectivity index (χ2v) is 11.7. The van der Waals surface area contributed by atoms with E-state index in [1.165, 1.54) is 6.07 Å². The van der Waals surface area contributed by atoms with Gasteiger partial charge < -0.3 is 15.4 Å². The van der Waals surface area contributed by atoms with Gasteiger partial charge in [-0.2, -0.15) is 13.2 Å². The van der Waals surface area contributed by atoms with E-state index in [-0.39, 0.29) is 30.0 Å². The molecule has 2 aromatic carbocycles. The van der Waals surface area contributed by atoms with Gasteiger partial charge in [0.1, 0.15) is 5.75 Å². The molecule has 3 heterocycles. The van der Waals surface area contributed by atoms with Crippen LogP contribution in [0.4, 0.5) is 24.8 Å². The topological polar surface area (TPSA) is 118 Å². The number of pyridine rings is 1. The molecule has 224 valence electrons. The normalized spacial score (nSPS) is 15.6. The van der Waals surface area contributed by atoms with Crippen LogP contribution in [0.2, 0.25) is 0 Å². The van der Waals surface area contributed by atoms with Crippen molar-refractivity contribution >= 4 is 44.8 Å². The van der Waals surface area contributed by atoms with Gasteiger partial charge in [-0.1, -0.05) is 24.3 Å². The number of halogens is 4. The van der Waals surface area contributed by atoms with Gasteiger partial charge in [-0.25, -0.2) is 23.4 Å². The molecule has 0 aliphatic carbocycles. The lowest BCUT2D eigenvalue weighted by Crippen LogP contribution is -2.38. The Morgan fingerprint density at radius 2 is 1.88 bits per heavy atom. The quantitative estimate of drug-likeness (QED) is 0.206. The second kappa shape index (κ2) is 13.1. The Kier molecular flexibility index (Phi) is 9.74. The van der Waals surface area contributed by atoms with Crippen LogP contribution in [0.15, 0.2) is 60.9 Å². The molecule has 0 saturated carbocycles. The van der Waals surface area contributed by atoms with Crippen LogP contribution >= 0.6 is 12.4 Å². The predicted molar refractivity (Wildman–Crippen MR) is 159 cm³/mol. The van der Waals surface area contributed by atoms with Gasteiger partial charge in [0.25, 0.3) is 0 Å². The first-order valence-electron chi connectivity index (χ1n) is 13.1. The Bertz CT molecular complexity index is 1650. The molecule has 1 fully saturated rings. The molecule has 1 saturated heterocycles. The van der Waals surface area contributed by atoms with Gasteiger partial charge in [0.15, 0.2) is 0 Å². The van der Waals surface area contributed by atoms with Crippen LogP contribution in [0.5, 0.6) is 11.6 Å². The van der Waals surface area contributed by atoms with Crippen LogP contribution in [0.1, 0.15) is 24.8 Å². The number of ether oxygens (including phenoxy) is 1. The van der Waals surface area contributed by atoms with Crippen molar-refractivity contribution < 1.29 is 26.3 Å². The number of aryl methyl sites for hydroxylation is 1. The van der Waals surface area contributed by atoms with Crippen molar-refractivity contribution in [2.45, 2.75) is 38.4 Å². The highest BCUT2D eigenvalue weighted by atomic mass is 35.5. The number of hydrogen-bond donors (Lipinski definition) is 3. The largest absolute Gasteiger partial charge is 0.437 e. The van der Waals surface area contributed by atoms with E-state index in [9.17, 15) is 21.6 Å². The van der Waals surface area contributed by atoms with Crippen molar-refractivity contribution in [3.05, 3.63) is 66.5 Å². The minimum absolute atomic E-state index is 0. The maximum Gasteiger partial charge on any atom is 0.390 e. The summed E-state index contributed by atoms with van der Waals surface area (Å²) in [6, 6.07) is 13.9. The van der Waals surface area contributed by atoms with Gasteiger partial charge in [0.05, 0.1) is 29.1 Å². The van der Waals surface area contributed by atoms with E-state index in [0.29, 0.717) is 33.7 Å². The summed E-state index contributed by atoms with van der Waals surface area (Å²) in [4.78, 5) is 13.5. The van der Waals surface area contributed by atoms with Gasteiger partial charge in [-0.3, -0.25) is 4.72 Å². The molecule has 0 amide bonds. The number of piperidine rings is 1. The third kappa shape index (κ3) is 7.78. The third-order valence-electron chi connectivity index (χ3n) is 6.66. The number of aromatic nitrogens is 3. The van der Waals surface area contributed by atoms with Crippen LogP contribution in [-0.2, 0) is 10.0 Å². The Labute approximate surface area is 247 Å². The maximum absolute atomic E-state index is 12.6. The fraction of sp³-hybridized carbons (Fsp3) is 0.321. The first kappa shape index (κ1) is 31.3. The number of nitrogens with one attached hydrogen (secondary N) is 3. The van der Waals surface area contributed by atoms with E-state index < -0.39 is 28.4 Å². The van der Waals surface area contributed by atoms with E-state index in [1.807, 2.05) is 13.0 Å². The van der Waals surface area contributed by atoms with Gasteiger partial charge >= 0.3 is 6.18 Å². The van der Waals surface area contributed by atoms with Gasteiger partial charge in [-0.15, -0.1) is 12.4 Å². The molecule has 1 atom stereocenters. The SMILES string of the molecule is Cc1ccc2c(NS(=O)(=O)CCC(F)(F)F)cccc2c1Oc1ncccc1-c1ccnc(NC2CCCNC2)n1.Cl. The van der Waals surface area contributed by atoms with Crippen molar-refractivity contribution in [1.82, 2.24) is 20.3 Å². The van der Waals surface area contributed by atoms with Gasteiger partial charge in [0.2, 0.25) is 21.9 Å². The lowest BCUT2D eigenvalue weighted by Gasteiger charge is -2.23. The standard InChI is InChI=1S/C28H29F3N6O3S.ClH/c1-18-9-10-20-21(6-2-8-24(20)37-41(38,39)16-12-28(29,30)31)25(18)40-26-22(7-4-14-33-26)23-11-15-34-27(36-23)35-19-5-3-13-32-17-19;/h2,4,6-11,14-15,19,32,37H,3,5,12-13,16-17H2,1H3,(H,34,35,36);1H. The zero-order chi connectivity index (χ0) is 29.0. The van der Waals surface area contributed by atoms with Crippen molar-refractivity contribution in [2.75, 3.05) is 28.9 Å². The molecule has 14 heteroatoms. The number of hydrogen-bond acceptors (Lipinski definition) is 8. The first-order chi connectivity index (χ1) is 19.6. The van der Waals surface area contributed by atoms with Crippen LogP contribution in [0, 0.1) is 6.92 Å². The summed E-state index contributed by atoms with van der Waals surface area (Å²) in [5, 5.41) is 7.76. The molecule has 4 aromatic rings. The van der Waals surface area contributed by atoms with Crippen molar-refractivity contribution in [1.29, 1.82) is 0 Å². The van der Waals surface area contributed by atoms with Gasteiger partial charge in [-0.05, 0) is 56.1 Å². The lowest BCUT2D eigenvalue weighted by atomic mass is 10.0. The molecular formula is C28H30ClF3N6O3S. The smallest absolute Gasteiger partial charge is 0.390 e. The Morgan fingerprint density at radius 1 is 1.05 bits per heavy atom. The van der Waals surface area contributed by atoms with E-state index in [1.54, 1.807) is 48.8 Å². The maximum atomic E-state index is 12.6. The Hall–Kier alpha value is -3.68. The highest BCUT2D eigenvalue weighted by Crippen LogP contribution is 2.39. The molecule has 3 N–H and O–H groups in total. The van der Waals surface area contributed by atoms with Gasteiger partial charge in [0, 0.05) is 35.8 Å². The summed E-state index contributed by atoms with van der Waals surface area (Å²) < 4.78 is 71.4. The fourth-order valence-corrected chi connectivity index (χ4v) is 5.75. The van der Waals surface area contributed by atoms with E-state index in [2.05, 4.69) is 30.3 Å². The summed E-state index contributed by atoms with van der Waals surface area (Å²) in [5.74, 6) is 0.129. The molecule has 1 aliphatic heterocycles. The highest BCUT2D eigenvalue weighted by molar-refractivity contribution is 7.92. The zero-order valence-electron chi connectivity index (χ0n) is 22.6. The monoisotopic (exact) mass is 622 g/mol. The van der Waals surface area contributed by atoms with E-state index >= 15 is 0 Å². The predicted octanol–water partition coefficient (Wildman–Crippen LogP) is 6.07. The molecule has 1 aliphatic rings. The molecule has 0 spiro atoms. The first-order valence-corrected chi connectivity index (χ1v) is 14.8. The summed E-state index contributed by atoms with van der Waals surface area (Å²) in [6.07, 6.45) is -0.687. The minimum atomic E-state index is -4.58. The average molecular weight is 623 g/mol. The van der Waals surface area contributed by atoms with E-state index in [4.69, 9.17) is 4.74 Å². The molecule has 5 rings (SSSR count). The number of fused-ring (bicyclic) bond motifs is 1. The second-order valence-electron chi connectivity index (χ2n) is 9.81. The van der Waals surface area contributed by atoms with Crippen LogP contribution in [0.25, 0.3) is 22.0 Å². The van der Waals surface area contributed by atoms with Crippen molar-refractivity contribution in [3.8, 4) is 22.9 Å². The molecular weight excluding hydrogens is 593 g/mol. The zero-order valence-corrected chi connectivity index (χ0v) is 24.2. The number of sulfonamides is 1. The Morgan fingerprint density at radius 3 is 2.64 bits per heavy atom. The fourth-order valence-electron chi connectivity index (χ4n) is 4.63. The molecule has 1 unspecified atom stereocenters. The van der Waals surface area contributed by atoms with E-state index in [0.717, 1.165) is 31.5 Å². The van der Waals surface area contributed by atoms with Crippen LogP contribution < -0.4 is 20.1 Å². The van der Waals surface area contributed by atoms with Crippen LogP contribution in [0.3, 0.4) is 0 Å². The highest BCUT2D eigenvalue weighted by Gasteiger charge is 2.30. The van der Waals surface area contributed by atoms with Crippen LogP contribution in [-0.4, -0.2) is 54.4 Å². The minimum Gasteiger partial charge on any atom is -0.437 e. The lowest BCUT2D eigenvalue weighted by molar-refractivity contribution is -0.129. The summed E-state index contributed by atoms with van der Waals surface area (Å²) in [5.41, 5.74) is 2.13. The molecule has 42 heavy (non-hydrogen) atoms. The number of benzene rings is 2. The number of rotatable bonds is 9. The summed E-state index contributed by atoms with van der Waals surface area (Å²) >= 11 is 0. The Balaban J connectivity index is 0.00000405.